The smallest absolute Gasteiger partial charge is 0.357 e. The molecule has 0 saturated carbocycles. The van der Waals surface area contributed by atoms with Gasteiger partial charge in [0.2, 0.25) is 0 Å². The number of nitrogens with one attached hydrogen (secondary N) is 1. The Labute approximate surface area is 122 Å². The van der Waals surface area contributed by atoms with Gasteiger partial charge in [-0.1, -0.05) is 0 Å². The predicted molar refractivity (Wildman–Crippen MR) is 71.2 cm³/mol. The van der Waals surface area contributed by atoms with Gasteiger partial charge < -0.3 is 4.98 Å². The number of hydrogen-bond donors (Lipinski definition) is 1. The fourth-order valence-electron chi connectivity index (χ4n) is 2.12. The Morgan fingerprint density at radius 2 is 2.00 bits per heavy atom. The van der Waals surface area contributed by atoms with Crippen LogP contribution in [0.3, 0.4) is 0 Å². The van der Waals surface area contributed by atoms with Crippen LogP contribution in [0, 0.1) is 5.82 Å². The number of H-pyrrole nitrogens is 1. The van der Waals surface area contributed by atoms with Crippen molar-refractivity contribution in [2.45, 2.75) is 6.18 Å². The first kappa shape index (κ1) is 14.3. The predicted octanol–water partition coefficient (Wildman–Crippen LogP) is 3.64. The molecule has 8 heteroatoms. The number of aromatic amines is 1. The number of aromatic nitrogens is 4. The molecule has 0 amide bonds. The van der Waals surface area contributed by atoms with Crippen molar-refractivity contribution >= 4 is 0 Å². The van der Waals surface area contributed by atoms with Crippen molar-refractivity contribution in [3.63, 3.8) is 0 Å². The van der Waals surface area contributed by atoms with Crippen LogP contribution in [0.2, 0.25) is 0 Å². The van der Waals surface area contributed by atoms with Gasteiger partial charge in [-0.3, -0.25) is 9.67 Å². The summed E-state index contributed by atoms with van der Waals surface area (Å²) in [5, 5.41) is 4.19. The van der Waals surface area contributed by atoms with Gasteiger partial charge in [0.25, 0.3) is 0 Å². The summed E-state index contributed by atoms with van der Waals surface area (Å²) >= 11 is 0. The number of aryl methyl sites for hydroxylation is 1. The van der Waals surface area contributed by atoms with Crippen LogP contribution in [0.4, 0.5) is 17.6 Å². The summed E-state index contributed by atoms with van der Waals surface area (Å²) in [4.78, 5) is 6.12. The summed E-state index contributed by atoms with van der Waals surface area (Å²) in [7, 11) is 1.65. The second kappa shape index (κ2) is 4.97. The monoisotopic (exact) mass is 310 g/mol. The first-order chi connectivity index (χ1) is 10.3. The van der Waals surface area contributed by atoms with Crippen molar-refractivity contribution < 1.29 is 17.6 Å². The molecular weight excluding hydrogens is 300 g/mol. The molecule has 0 atom stereocenters. The number of rotatable bonds is 2. The minimum atomic E-state index is -4.45. The first-order valence-corrected chi connectivity index (χ1v) is 6.26. The zero-order chi connectivity index (χ0) is 15.9. The van der Waals surface area contributed by atoms with Crippen LogP contribution < -0.4 is 0 Å². The lowest BCUT2D eigenvalue weighted by Crippen LogP contribution is -2.04. The number of halogens is 4. The SMILES string of the molecule is Cn1cc(-c2c[nH]c(C(F)(F)F)c2)c(-c2ccc(F)cn2)n1. The van der Waals surface area contributed by atoms with Gasteiger partial charge in [0.1, 0.15) is 17.2 Å². The zero-order valence-electron chi connectivity index (χ0n) is 11.3. The Morgan fingerprint density at radius 3 is 2.59 bits per heavy atom. The Hall–Kier alpha value is -2.64. The number of pyridine rings is 1. The molecule has 3 aromatic heterocycles. The molecule has 3 rings (SSSR count). The van der Waals surface area contributed by atoms with Crippen LogP contribution in [0.5, 0.6) is 0 Å². The summed E-state index contributed by atoms with van der Waals surface area (Å²) in [5.74, 6) is -0.498. The van der Waals surface area contributed by atoms with E-state index in [1.54, 1.807) is 13.2 Å². The second-order valence-corrected chi connectivity index (χ2v) is 4.73. The molecule has 0 spiro atoms. The van der Waals surface area contributed by atoms with Gasteiger partial charge in [-0.2, -0.15) is 18.3 Å². The molecule has 0 aliphatic rings. The summed E-state index contributed by atoms with van der Waals surface area (Å²) in [6.45, 7) is 0. The Bertz CT molecular complexity index is 799. The summed E-state index contributed by atoms with van der Waals surface area (Å²) in [6, 6.07) is 3.65. The molecule has 0 bridgehead atoms. The highest BCUT2D eigenvalue weighted by molar-refractivity contribution is 5.78. The molecule has 0 unspecified atom stereocenters. The minimum Gasteiger partial charge on any atom is -0.357 e. The van der Waals surface area contributed by atoms with Gasteiger partial charge in [-0.15, -0.1) is 0 Å². The second-order valence-electron chi connectivity index (χ2n) is 4.73. The number of alkyl halides is 3. The van der Waals surface area contributed by atoms with Gasteiger partial charge >= 0.3 is 6.18 Å². The van der Waals surface area contributed by atoms with E-state index in [2.05, 4.69) is 15.1 Å². The van der Waals surface area contributed by atoms with E-state index >= 15 is 0 Å². The lowest BCUT2D eigenvalue weighted by Gasteiger charge is -2.01. The third kappa shape index (κ3) is 2.59. The highest BCUT2D eigenvalue weighted by atomic mass is 19.4. The molecule has 3 aromatic rings. The van der Waals surface area contributed by atoms with Crippen LogP contribution in [0.15, 0.2) is 36.8 Å². The number of hydrogen-bond acceptors (Lipinski definition) is 2. The van der Waals surface area contributed by atoms with E-state index in [4.69, 9.17) is 0 Å². The van der Waals surface area contributed by atoms with Crippen molar-refractivity contribution in [3.05, 3.63) is 48.3 Å². The van der Waals surface area contributed by atoms with Crippen LogP contribution >= 0.6 is 0 Å². The van der Waals surface area contributed by atoms with Gasteiger partial charge in [0.05, 0.1) is 11.9 Å². The van der Waals surface area contributed by atoms with E-state index in [1.165, 1.54) is 23.0 Å². The quantitative estimate of drug-likeness (QED) is 0.735. The fraction of sp³-hybridized carbons (Fsp3) is 0.143. The van der Waals surface area contributed by atoms with E-state index < -0.39 is 17.7 Å². The topological polar surface area (TPSA) is 46.5 Å². The normalized spacial score (nSPS) is 11.9. The molecule has 3 heterocycles. The highest BCUT2D eigenvalue weighted by Gasteiger charge is 2.32. The Balaban J connectivity index is 2.08. The molecule has 0 fully saturated rings. The van der Waals surface area contributed by atoms with Crippen molar-refractivity contribution in [2.75, 3.05) is 0 Å². The van der Waals surface area contributed by atoms with Gasteiger partial charge in [-0.05, 0) is 18.2 Å². The molecule has 0 aliphatic carbocycles. The van der Waals surface area contributed by atoms with E-state index in [9.17, 15) is 17.6 Å². The van der Waals surface area contributed by atoms with Crippen molar-refractivity contribution in [2.24, 2.45) is 7.05 Å². The summed E-state index contributed by atoms with van der Waals surface area (Å²) in [5.41, 5.74) is 0.737. The van der Waals surface area contributed by atoms with Gasteiger partial charge in [-0.25, -0.2) is 4.39 Å². The molecule has 0 aliphatic heterocycles. The fourth-order valence-corrected chi connectivity index (χ4v) is 2.12. The molecular formula is C14H10F4N4. The Morgan fingerprint density at radius 1 is 1.23 bits per heavy atom. The summed E-state index contributed by atoms with van der Waals surface area (Å²) in [6.07, 6.45) is -0.572. The van der Waals surface area contributed by atoms with E-state index in [0.29, 0.717) is 22.5 Å². The zero-order valence-corrected chi connectivity index (χ0v) is 11.3. The summed E-state index contributed by atoms with van der Waals surface area (Å²) < 4.78 is 52.5. The third-order valence-electron chi connectivity index (χ3n) is 3.10. The maximum absolute atomic E-state index is 12.9. The van der Waals surface area contributed by atoms with Crippen molar-refractivity contribution in [3.8, 4) is 22.5 Å². The minimum absolute atomic E-state index is 0.335. The molecule has 1 N–H and O–H groups in total. The van der Waals surface area contributed by atoms with E-state index in [-0.39, 0.29) is 0 Å². The maximum atomic E-state index is 12.9. The molecule has 0 aromatic carbocycles. The van der Waals surface area contributed by atoms with Crippen LogP contribution in [0.1, 0.15) is 5.69 Å². The van der Waals surface area contributed by atoms with E-state index in [0.717, 1.165) is 12.3 Å². The highest BCUT2D eigenvalue weighted by Crippen LogP contribution is 2.34. The standard InChI is InChI=1S/C14H10F4N4/c1-22-7-10(8-4-12(20-5-8)14(16,17)18)13(21-22)11-3-2-9(15)6-19-11/h2-7,20H,1H3. The molecule has 4 nitrogen and oxygen atoms in total. The first-order valence-electron chi connectivity index (χ1n) is 6.26. The van der Waals surface area contributed by atoms with Crippen LogP contribution in [-0.4, -0.2) is 19.7 Å². The molecule has 114 valence electrons. The van der Waals surface area contributed by atoms with Crippen LogP contribution in [0.25, 0.3) is 22.5 Å². The largest absolute Gasteiger partial charge is 0.431 e. The van der Waals surface area contributed by atoms with E-state index in [1.807, 2.05) is 0 Å². The Kier molecular flexibility index (Phi) is 3.23. The van der Waals surface area contributed by atoms with Gasteiger partial charge in [0.15, 0.2) is 0 Å². The number of nitrogens with zero attached hydrogens (tertiary/aromatic N) is 3. The van der Waals surface area contributed by atoms with Crippen molar-refractivity contribution in [1.82, 2.24) is 19.7 Å². The molecule has 22 heavy (non-hydrogen) atoms. The van der Waals surface area contributed by atoms with Crippen LogP contribution in [-0.2, 0) is 13.2 Å². The maximum Gasteiger partial charge on any atom is 0.431 e. The van der Waals surface area contributed by atoms with Gasteiger partial charge in [0, 0.05) is 30.6 Å². The molecule has 0 radical (unpaired) electrons. The lowest BCUT2D eigenvalue weighted by molar-refractivity contribution is -0.140. The third-order valence-corrected chi connectivity index (χ3v) is 3.10. The van der Waals surface area contributed by atoms with Crippen molar-refractivity contribution in [1.29, 1.82) is 0 Å². The lowest BCUT2D eigenvalue weighted by atomic mass is 10.1. The average Bonchev–Trinajstić information content (AvgIpc) is 3.05. The average molecular weight is 310 g/mol. The molecule has 0 saturated heterocycles.